The zero-order valence-corrected chi connectivity index (χ0v) is 18.3. The monoisotopic (exact) mass is 479 g/mol. The van der Waals surface area contributed by atoms with Crippen LogP contribution >= 0.6 is 8.60 Å². The summed E-state index contributed by atoms with van der Waals surface area (Å²) in [5.41, 5.74) is 1.26. The van der Waals surface area contributed by atoms with Gasteiger partial charge in [0.15, 0.2) is 5.65 Å². The molecule has 0 aliphatic heterocycles. The highest BCUT2D eigenvalue weighted by molar-refractivity contribution is 7.39. The van der Waals surface area contributed by atoms with Crippen molar-refractivity contribution in [3.63, 3.8) is 0 Å². The van der Waals surface area contributed by atoms with Crippen LogP contribution in [0.4, 0.5) is 17.6 Å². The van der Waals surface area contributed by atoms with Crippen molar-refractivity contribution < 1.29 is 31.9 Å². The van der Waals surface area contributed by atoms with E-state index < -0.39 is 26.2 Å². The summed E-state index contributed by atoms with van der Waals surface area (Å²) in [5.74, 6) is -0.848. The quantitative estimate of drug-likeness (QED) is 0.274. The topological polar surface area (TPSA) is 79.9 Å². The standard InChI is InChI=1S/C22H18F4N3O3P/c1-12(2)20-21(16-7-6-15(9-17(16)23)32-33(30)31)29-11-18(27-10-19(29)28-20)13-4-3-5-14(8-13)22(24,25)26/h3-12,30-31H,1-2H3. The Balaban J connectivity index is 1.89. The fourth-order valence-corrected chi connectivity index (χ4v) is 3.79. The second kappa shape index (κ2) is 8.70. The average molecular weight is 479 g/mol. The molecule has 11 heteroatoms. The average Bonchev–Trinajstić information content (AvgIpc) is 3.12. The van der Waals surface area contributed by atoms with Gasteiger partial charge < -0.3 is 14.3 Å². The van der Waals surface area contributed by atoms with Gasteiger partial charge in [-0.3, -0.25) is 9.38 Å². The number of aromatic nitrogens is 3. The summed E-state index contributed by atoms with van der Waals surface area (Å²) in [4.78, 5) is 26.8. The van der Waals surface area contributed by atoms with Gasteiger partial charge in [-0.25, -0.2) is 9.37 Å². The number of hydrogen-bond donors (Lipinski definition) is 2. The lowest BCUT2D eigenvalue weighted by Crippen LogP contribution is -2.04. The molecule has 4 aromatic rings. The molecule has 2 N–H and O–H groups in total. The molecule has 0 amide bonds. The van der Waals surface area contributed by atoms with Gasteiger partial charge in [0.25, 0.3) is 0 Å². The predicted octanol–water partition coefficient (Wildman–Crippen LogP) is 5.93. The largest absolute Gasteiger partial charge is 0.427 e. The molecule has 33 heavy (non-hydrogen) atoms. The number of imidazole rings is 1. The molecule has 0 fully saturated rings. The zero-order valence-electron chi connectivity index (χ0n) is 17.4. The molecule has 0 radical (unpaired) electrons. The van der Waals surface area contributed by atoms with Crippen molar-refractivity contribution in [1.82, 2.24) is 14.4 Å². The fraction of sp³-hybridized carbons (Fsp3) is 0.182. The summed E-state index contributed by atoms with van der Waals surface area (Å²) in [5, 5.41) is 0. The molecule has 2 heterocycles. The Morgan fingerprint density at radius 3 is 2.48 bits per heavy atom. The number of hydrogen-bond acceptors (Lipinski definition) is 5. The molecule has 0 aliphatic carbocycles. The van der Waals surface area contributed by atoms with Crippen molar-refractivity contribution >= 4 is 14.2 Å². The van der Waals surface area contributed by atoms with Crippen LogP contribution < -0.4 is 4.52 Å². The van der Waals surface area contributed by atoms with Gasteiger partial charge in [0.2, 0.25) is 0 Å². The molecule has 4 rings (SSSR count). The molecule has 0 atom stereocenters. The second-order valence-electron chi connectivity index (χ2n) is 7.57. The summed E-state index contributed by atoms with van der Waals surface area (Å²) < 4.78 is 60.8. The molecule has 0 spiro atoms. The molecule has 0 aliphatic rings. The van der Waals surface area contributed by atoms with Crippen LogP contribution in [-0.4, -0.2) is 24.2 Å². The van der Waals surface area contributed by atoms with Crippen LogP contribution in [0, 0.1) is 5.82 Å². The second-order valence-corrected chi connectivity index (χ2v) is 8.25. The van der Waals surface area contributed by atoms with Crippen LogP contribution in [0.25, 0.3) is 28.2 Å². The van der Waals surface area contributed by atoms with Crippen LogP contribution in [0.5, 0.6) is 5.75 Å². The summed E-state index contributed by atoms with van der Waals surface area (Å²) in [6, 6.07) is 8.62. The lowest BCUT2D eigenvalue weighted by atomic mass is 10.0. The number of fused-ring (bicyclic) bond motifs is 1. The van der Waals surface area contributed by atoms with E-state index >= 15 is 4.39 Å². The lowest BCUT2D eigenvalue weighted by Gasteiger charge is -2.12. The first-order valence-corrected chi connectivity index (χ1v) is 10.9. The van der Waals surface area contributed by atoms with E-state index in [1.807, 2.05) is 13.8 Å². The molecule has 172 valence electrons. The number of benzene rings is 2. The molecule has 6 nitrogen and oxygen atoms in total. The minimum atomic E-state index is -4.50. The molecule has 2 aromatic heterocycles. The smallest absolute Gasteiger partial charge is 0.416 e. The third-order valence-electron chi connectivity index (χ3n) is 4.95. The Morgan fingerprint density at radius 2 is 1.85 bits per heavy atom. The summed E-state index contributed by atoms with van der Waals surface area (Å²) >= 11 is 0. The molecular weight excluding hydrogens is 461 g/mol. The molecule has 0 unspecified atom stereocenters. The number of rotatable bonds is 5. The third-order valence-corrected chi connectivity index (χ3v) is 5.33. The fourth-order valence-electron chi connectivity index (χ4n) is 3.49. The van der Waals surface area contributed by atoms with Crippen molar-refractivity contribution in [2.75, 3.05) is 0 Å². The highest BCUT2D eigenvalue weighted by atomic mass is 31.2. The van der Waals surface area contributed by atoms with Crippen LogP contribution in [0.15, 0.2) is 54.9 Å². The maximum Gasteiger partial charge on any atom is 0.416 e. The molecule has 0 bridgehead atoms. The SMILES string of the molecule is CC(C)c1nc2cnc(-c3cccc(C(F)(F)F)c3)cn2c1-c1ccc(OP(O)O)cc1F. The first-order valence-electron chi connectivity index (χ1n) is 9.76. The maximum absolute atomic E-state index is 15.0. The third kappa shape index (κ3) is 4.68. The predicted molar refractivity (Wildman–Crippen MR) is 115 cm³/mol. The van der Waals surface area contributed by atoms with Crippen molar-refractivity contribution in [3.05, 3.63) is 71.9 Å². The van der Waals surface area contributed by atoms with Crippen molar-refractivity contribution in [3.8, 4) is 28.3 Å². The number of nitrogens with zero attached hydrogens (tertiary/aromatic N) is 3. The Morgan fingerprint density at radius 1 is 1.09 bits per heavy atom. The normalized spacial score (nSPS) is 12.2. The van der Waals surface area contributed by atoms with Crippen LogP contribution in [0.2, 0.25) is 0 Å². The van der Waals surface area contributed by atoms with E-state index in [4.69, 9.17) is 14.3 Å². The van der Waals surface area contributed by atoms with E-state index in [1.165, 1.54) is 36.7 Å². The van der Waals surface area contributed by atoms with Crippen LogP contribution in [0.1, 0.15) is 31.0 Å². The lowest BCUT2D eigenvalue weighted by molar-refractivity contribution is -0.137. The first-order chi connectivity index (χ1) is 15.5. The van der Waals surface area contributed by atoms with Gasteiger partial charge in [-0.05, 0) is 30.2 Å². The van der Waals surface area contributed by atoms with E-state index in [2.05, 4.69) is 9.97 Å². The minimum Gasteiger partial charge on any atom is -0.427 e. The zero-order chi connectivity index (χ0) is 23.9. The molecule has 0 saturated heterocycles. The van der Waals surface area contributed by atoms with Crippen molar-refractivity contribution in [1.29, 1.82) is 0 Å². The number of alkyl halides is 3. The van der Waals surface area contributed by atoms with E-state index in [0.29, 0.717) is 17.0 Å². The van der Waals surface area contributed by atoms with Gasteiger partial charge >= 0.3 is 14.8 Å². The van der Waals surface area contributed by atoms with Crippen molar-refractivity contribution in [2.45, 2.75) is 25.9 Å². The van der Waals surface area contributed by atoms with E-state index in [-0.39, 0.29) is 28.5 Å². The number of halogens is 4. The molecular formula is C22H18F4N3O3P. The first kappa shape index (κ1) is 23.1. The molecule has 2 aromatic carbocycles. The Labute approximate surface area is 187 Å². The molecule has 0 saturated carbocycles. The van der Waals surface area contributed by atoms with Crippen LogP contribution in [0.3, 0.4) is 0 Å². The summed E-state index contributed by atoms with van der Waals surface area (Å²) in [6.45, 7) is 3.76. The summed E-state index contributed by atoms with van der Waals surface area (Å²) in [6.07, 6.45) is -1.56. The van der Waals surface area contributed by atoms with E-state index in [1.54, 1.807) is 4.40 Å². The van der Waals surface area contributed by atoms with Gasteiger partial charge in [-0.2, -0.15) is 13.2 Å². The van der Waals surface area contributed by atoms with Crippen molar-refractivity contribution in [2.24, 2.45) is 0 Å². The van der Waals surface area contributed by atoms with Gasteiger partial charge in [-0.15, -0.1) is 0 Å². The van der Waals surface area contributed by atoms with Gasteiger partial charge in [-0.1, -0.05) is 26.0 Å². The van der Waals surface area contributed by atoms with Crippen LogP contribution in [-0.2, 0) is 6.18 Å². The Hall–Kier alpha value is -3.07. The minimum absolute atomic E-state index is 0.0569. The Kier molecular flexibility index (Phi) is 6.09. The Bertz CT molecular complexity index is 1320. The van der Waals surface area contributed by atoms with Gasteiger partial charge in [0, 0.05) is 23.4 Å². The highest BCUT2D eigenvalue weighted by Gasteiger charge is 2.30. The van der Waals surface area contributed by atoms with E-state index in [9.17, 15) is 13.2 Å². The highest BCUT2D eigenvalue weighted by Crippen LogP contribution is 2.37. The van der Waals surface area contributed by atoms with Gasteiger partial charge in [0.05, 0.1) is 28.8 Å². The van der Waals surface area contributed by atoms with E-state index in [0.717, 1.165) is 18.2 Å². The summed E-state index contributed by atoms with van der Waals surface area (Å²) in [7, 11) is -2.70. The maximum atomic E-state index is 15.0. The van der Waals surface area contributed by atoms with Gasteiger partial charge in [0.1, 0.15) is 11.6 Å².